The lowest BCUT2D eigenvalue weighted by Crippen LogP contribution is -2.55. The molecular weight excluding hydrogens is 344 g/mol. The molecule has 0 bridgehead atoms. The van der Waals surface area contributed by atoms with Crippen molar-refractivity contribution in [2.45, 2.75) is 56.2 Å². The van der Waals surface area contributed by atoms with Crippen LogP contribution in [0.5, 0.6) is 5.75 Å². The highest BCUT2D eigenvalue weighted by molar-refractivity contribution is 5.34. The van der Waals surface area contributed by atoms with Gasteiger partial charge in [0.1, 0.15) is 30.2 Å². The summed E-state index contributed by atoms with van der Waals surface area (Å²) in [5.41, 5.74) is 2.38. The molecule has 4 rings (SSSR count). The van der Waals surface area contributed by atoms with Crippen LogP contribution in [0.3, 0.4) is 0 Å². The molecule has 1 aliphatic heterocycles. The Labute approximate surface area is 159 Å². The molecule has 0 amide bonds. The van der Waals surface area contributed by atoms with Gasteiger partial charge in [0.15, 0.2) is 0 Å². The molecule has 5 heteroatoms. The molecular formula is C22H26O5. The van der Waals surface area contributed by atoms with Gasteiger partial charge in [0.2, 0.25) is 0 Å². The van der Waals surface area contributed by atoms with Crippen LogP contribution in [0, 0.1) is 0 Å². The fraction of sp³-hybridized carbons (Fsp3) is 0.455. The van der Waals surface area contributed by atoms with Gasteiger partial charge in [-0.1, -0.05) is 36.4 Å². The van der Waals surface area contributed by atoms with E-state index in [2.05, 4.69) is 0 Å². The van der Waals surface area contributed by atoms with Crippen molar-refractivity contribution in [2.24, 2.45) is 0 Å². The third kappa shape index (κ3) is 3.60. The summed E-state index contributed by atoms with van der Waals surface area (Å²) < 4.78 is 11.5. The summed E-state index contributed by atoms with van der Waals surface area (Å²) in [5, 5.41) is 30.8. The number of aliphatic hydroxyl groups is 3. The van der Waals surface area contributed by atoms with Gasteiger partial charge in [0.25, 0.3) is 0 Å². The van der Waals surface area contributed by atoms with E-state index in [4.69, 9.17) is 9.47 Å². The summed E-state index contributed by atoms with van der Waals surface area (Å²) in [4.78, 5) is 0. The molecule has 2 aromatic rings. The first-order valence-corrected chi connectivity index (χ1v) is 9.55. The third-order valence-corrected chi connectivity index (χ3v) is 5.55. The molecule has 144 valence electrons. The summed E-state index contributed by atoms with van der Waals surface area (Å²) >= 11 is 0. The fourth-order valence-corrected chi connectivity index (χ4v) is 3.86. The van der Waals surface area contributed by atoms with Gasteiger partial charge in [-0.05, 0) is 55.0 Å². The maximum absolute atomic E-state index is 10.4. The van der Waals surface area contributed by atoms with Gasteiger partial charge < -0.3 is 24.8 Å². The van der Waals surface area contributed by atoms with Crippen molar-refractivity contribution in [3.8, 4) is 5.75 Å². The van der Waals surface area contributed by atoms with E-state index in [1.807, 2.05) is 55.5 Å². The lowest BCUT2D eigenvalue weighted by Gasteiger charge is -2.41. The molecule has 4 atom stereocenters. The van der Waals surface area contributed by atoms with Gasteiger partial charge in [0.05, 0.1) is 12.2 Å². The van der Waals surface area contributed by atoms with Crippen LogP contribution in [-0.4, -0.2) is 45.8 Å². The van der Waals surface area contributed by atoms with Crippen LogP contribution in [0.4, 0.5) is 0 Å². The highest BCUT2D eigenvalue weighted by Crippen LogP contribution is 2.51. The molecule has 2 fully saturated rings. The summed E-state index contributed by atoms with van der Waals surface area (Å²) in [6.45, 7) is 2.61. The molecule has 2 aliphatic rings. The first kappa shape index (κ1) is 18.4. The molecule has 1 aliphatic carbocycles. The zero-order valence-corrected chi connectivity index (χ0v) is 15.4. The minimum absolute atomic E-state index is 0.633. The Hall–Kier alpha value is -1.92. The first-order chi connectivity index (χ1) is 13.0. The molecule has 0 radical (unpaired) electrons. The highest BCUT2D eigenvalue weighted by Gasteiger charge is 2.60. The van der Waals surface area contributed by atoms with Crippen molar-refractivity contribution in [1.82, 2.24) is 0 Å². The number of ether oxygens (including phenoxy) is 2. The van der Waals surface area contributed by atoms with Gasteiger partial charge in [-0.25, -0.2) is 0 Å². The van der Waals surface area contributed by atoms with Crippen LogP contribution in [0.1, 0.15) is 42.6 Å². The van der Waals surface area contributed by atoms with E-state index in [0.29, 0.717) is 19.4 Å². The Balaban J connectivity index is 1.52. The van der Waals surface area contributed by atoms with E-state index in [-0.39, 0.29) is 0 Å². The Bertz CT molecular complexity index is 784. The lowest BCUT2D eigenvalue weighted by atomic mass is 9.89. The van der Waals surface area contributed by atoms with Gasteiger partial charge >= 0.3 is 0 Å². The van der Waals surface area contributed by atoms with Crippen LogP contribution in [-0.2, 0) is 11.2 Å². The second-order valence-electron chi connectivity index (χ2n) is 7.53. The molecule has 5 nitrogen and oxygen atoms in total. The lowest BCUT2D eigenvalue weighted by molar-refractivity contribution is -0.236. The first-order valence-electron chi connectivity index (χ1n) is 9.55. The second kappa shape index (κ2) is 7.24. The van der Waals surface area contributed by atoms with Crippen molar-refractivity contribution in [2.75, 3.05) is 6.61 Å². The molecule has 27 heavy (non-hydrogen) atoms. The number of benzene rings is 2. The molecule has 0 unspecified atom stereocenters. The van der Waals surface area contributed by atoms with Gasteiger partial charge in [-0.3, -0.25) is 0 Å². The summed E-state index contributed by atoms with van der Waals surface area (Å²) in [7, 11) is 0. The van der Waals surface area contributed by atoms with Crippen molar-refractivity contribution in [3.63, 3.8) is 0 Å². The van der Waals surface area contributed by atoms with Crippen molar-refractivity contribution >= 4 is 0 Å². The Morgan fingerprint density at radius 1 is 1.00 bits per heavy atom. The quantitative estimate of drug-likeness (QED) is 0.753. The molecule has 3 N–H and O–H groups in total. The topological polar surface area (TPSA) is 79.2 Å². The van der Waals surface area contributed by atoms with Crippen molar-refractivity contribution < 1.29 is 24.8 Å². The van der Waals surface area contributed by atoms with E-state index >= 15 is 0 Å². The third-order valence-electron chi connectivity index (χ3n) is 5.55. The number of rotatable bonds is 5. The molecule has 1 saturated carbocycles. The van der Waals surface area contributed by atoms with E-state index in [9.17, 15) is 15.3 Å². The van der Waals surface area contributed by atoms with E-state index in [1.54, 1.807) is 0 Å². The molecule has 2 aromatic carbocycles. The molecule has 1 heterocycles. The van der Waals surface area contributed by atoms with Crippen LogP contribution >= 0.6 is 0 Å². The predicted octanol–water partition coefficient (Wildman–Crippen LogP) is 2.36. The van der Waals surface area contributed by atoms with Crippen LogP contribution < -0.4 is 4.74 Å². The zero-order valence-electron chi connectivity index (χ0n) is 15.4. The Morgan fingerprint density at radius 3 is 2.41 bits per heavy atom. The van der Waals surface area contributed by atoms with E-state index in [1.165, 1.54) is 0 Å². The Morgan fingerprint density at radius 2 is 1.74 bits per heavy atom. The molecule has 1 spiro atoms. The molecule has 1 saturated heterocycles. The Kier molecular flexibility index (Phi) is 4.95. The highest BCUT2D eigenvalue weighted by atomic mass is 16.6. The van der Waals surface area contributed by atoms with Crippen LogP contribution in [0.25, 0.3) is 0 Å². The average molecular weight is 370 g/mol. The minimum Gasteiger partial charge on any atom is -0.494 e. The summed E-state index contributed by atoms with van der Waals surface area (Å²) in [5.74, 6) is 0.857. The van der Waals surface area contributed by atoms with E-state index in [0.717, 1.165) is 28.9 Å². The van der Waals surface area contributed by atoms with Gasteiger partial charge in [0, 0.05) is 0 Å². The monoisotopic (exact) mass is 370 g/mol. The van der Waals surface area contributed by atoms with Crippen LogP contribution in [0.2, 0.25) is 0 Å². The zero-order chi connectivity index (χ0) is 19.0. The summed E-state index contributed by atoms with van der Waals surface area (Å²) in [6.07, 6.45) is -1.84. The van der Waals surface area contributed by atoms with E-state index < -0.39 is 30.0 Å². The normalized spacial score (nSPS) is 28.9. The van der Waals surface area contributed by atoms with Gasteiger partial charge in [-0.15, -0.1) is 0 Å². The second-order valence-corrected chi connectivity index (χ2v) is 7.53. The minimum atomic E-state index is -1.19. The summed E-state index contributed by atoms with van der Waals surface area (Å²) in [6, 6.07) is 15.9. The number of aliphatic hydroxyl groups excluding tert-OH is 3. The number of hydrogen-bond donors (Lipinski definition) is 3. The number of hydrogen-bond acceptors (Lipinski definition) is 5. The smallest absolute Gasteiger partial charge is 0.119 e. The maximum Gasteiger partial charge on any atom is 0.119 e. The SMILES string of the molecule is CCOc1ccc(Cc2cccc([C@@H]3OC4(CC4)[C@@H](O)[C@H](O)[C@H]3O)c2)cc1. The maximum atomic E-state index is 10.4. The molecule has 0 aromatic heterocycles. The largest absolute Gasteiger partial charge is 0.494 e. The van der Waals surface area contributed by atoms with Crippen molar-refractivity contribution in [3.05, 3.63) is 65.2 Å². The standard InChI is InChI=1S/C22H26O5/c1-2-26-17-8-6-14(7-9-17)12-15-4-3-5-16(13-15)20-18(23)19(24)21(25)22(27-20)10-11-22/h3-9,13,18-21,23-25H,2,10-12H2,1H3/t18-,19-,20+,21+/m1/s1. The fourth-order valence-electron chi connectivity index (χ4n) is 3.86. The average Bonchev–Trinajstić information content (AvgIpc) is 3.46. The predicted molar refractivity (Wildman–Crippen MR) is 101 cm³/mol. The van der Waals surface area contributed by atoms with Crippen LogP contribution in [0.15, 0.2) is 48.5 Å². The van der Waals surface area contributed by atoms with Gasteiger partial charge in [-0.2, -0.15) is 0 Å². The van der Waals surface area contributed by atoms with Crippen molar-refractivity contribution in [1.29, 1.82) is 0 Å².